The summed E-state index contributed by atoms with van der Waals surface area (Å²) >= 11 is 1.38. The predicted molar refractivity (Wildman–Crippen MR) is 153 cm³/mol. The number of thiophene rings is 1. The Labute approximate surface area is 246 Å². The number of piperazine rings is 1. The zero-order valence-electron chi connectivity index (χ0n) is 24.0. The van der Waals surface area contributed by atoms with Gasteiger partial charge in [-0.1, -0.05) is 13.8 Å². The van der Waals surface area contributed by atoms with Gasteiger partial charge in [0.1, 0.15) is 11.8 Å². The Morgan fingerprint density at radius 3 is 2.45 bits per heavy atom. The maximum absolute atomic E-state index is 14.1. The molecule has 3 aromatic heterocycles. The molecule has 1 N–H and O–H groups in total. The number of nitriles is 1. The summed E-state index contributed by atoms with van der Waals surface area (Å²) in [6.07, 6.45) is 0.576. The lowest BCUT2D eigenvalue weighted by Gasteiger charge is -2.45. The Bertz CT molecular complexity index is 1730. The van der Waals surface area contributed by atoms with E-state index >= 15 is 0 Å². The maximum Gasteiger partial charge on any atom is 0.407 e. The second kappa shape index (κ2) is 9.32. The molecule has 0 bridgehead atoms. The van der Waals surface area contributed by atoms with Crippen molar-refractivity contribution in [3.8, 4) is 17.3 Å². The first kappa shape index (κ1) is 27.8. The lowest BCUT2D eigenvalue weighted by Crippen LogP contribution is -2.61. The molecule has 2 aliphatic heterocycles. The monoisotopic (exact) mass is 586 g/mol. The molecule has 11 nitrogen and oxygen atoms in total. The number of pyridine rings is 2. The van der Waals surface area contributed by atoms with E-state index in [1.54, 1.807) is 44.0 Å². The largest absolute Gasteiger partial charge is 0.465 e. The van der Waals surface area contributed by atoms with Crippen LogP contribution in [0, 0.1) is 35.5 Å². The molecule has 2 unspecified atom stereocenters. The van der Waals surface area contributed by atoms with Crippen LogP contribution in [0.1, 0.15) is 54.2 Å². The van der Waals surface area contributed by atoms with Gasteiger partial charge in [0.25, 0.3) is 5.91 Å². The lowest BCUT2D eigenvalue weighted by molar-refractivity contribution is -0.143. The first-order chi connectivity index (χ1) is 19.8. The molecule has 3 aliphatic rings. The van der Waals surface area contributed by atoms with Crippen LogP contribution in [0.25, 0.3) is 21.5 Å². The number of likely N-dealkylation sites (tertiary alicyclic amines) is 1. The number of hydrogen-bond acceptors (Lipinski definition) is 8. The van der Waals surface area contributed by atoms with Crippen LogP contribution in [0.15, 0.2) is 24.4 Å². The molecule has 2 saturated heterocycles. The molecule has 3 fully saturated rings. The summed E-state index contributed by atoms with van der Waals surface area (Å²) in [5.41, 5.74) is 1.59. The van der Waals surface area contributed by atoms with Crippen molar-refractivity contribution in [2.45, 2.75) is 46.7 Å². The van der Waals surface area contributed by atoms with Crippen molar-refractivity contribution in [1.82, 2.24) is 24.7 Å². The summed E-state index contributed by atoms with van der Waals surface area (Å²) in [6.45, 7) is 9.96. The van der Waals surface area contributed by atoms with Crippen LogP contribution >= 0.6 is 11.3 Å². The van der Waals surface area contributed by atoms with Gasteiger partial charge in [0.2, 0.25) is 11.8 Å². The van der Waals surface area contributed by atoms with E-state index in [9.17, 15) is 29.5 Å². The normalized spacial score (nSPS) is 22.3. The van der Waals surface area contributed by atoms with Gasteiger partial charge in [0.15, 0.2) is 0 Å². The van der Waals surface area contributed by atoms with Crippen LogP contribution in [0.5, 0.6) is 0 Å². The molecule has 0 radical (unpaired) electrons. The van der Waals surface area contributed by atoms with E-state index in [0.29, 0.717) is 27.9 Å². The number of carbonyl (C=O) groups is 4. The van der Waals surface area contributed by atoms with Crippen molar-refractivity contribution >= 4 is 45.4 Å². The highest BCUT2D eigenvalue weighted by Gasteiger charge is 2.72. The van der Waals surface area contributed by atoms with Crippen LogP contribution in [0.3, 0.4) is 0 Å². The maximum atomic E-state index is 14.1. The average molecular weight is 587 g/mol. The van der Waals surface area contributed by atoms with E-state index in [2.05, 4.69) is 16.0 Å². The lowest BCUT2D eigenvalue weighted by atomic mass is 9.96. The molecular weight excluding hydrogens is 556 g/mol. The number of hydrogen-bond donors (Lipinski definition) is 1. The van der Waals surface area contributed by atoms with Crippen LogP contribution in [0.4, 0.5) is 4.79 Å². The first-order valence-electron chi connectivity index (χ1n) is 13.7. The van der Waals surface area contributed by atoms with Crippen LogP contribution in [-0.2, 0) is 16.1 Å². The highest BCUT2D eigenvalue weighted by molar-refractivity contribution is 7.19. The Kier molecular flexibility index (Phi) is 6.17. The predicted octanol–water partition coefficient (Wildman–Crippen LogP) is 3.89. The van der Waals surface area contributed by atoms with E-state index in [-0.39, 0.29) is 66.8 Å². The van der Waals surface area contributed by atoms with Gasteiger partial charge in [-0.2, -0.15) is 5.26 Å². The van der Waals surface area contributed by atoms with Gasteiger partial charge >= 0.3 is 6.09 Å². The fourth-order valence-electron chi connectivity index (χ4n) is 6.60. The Balaban J connectivity index is 1.38. The van der Waals surface area contributed by atoms with Crippen LogP contribution in [0.2, 0.25) is 0 Å². The van der Waals surface area contributed by atoms with Crippen LogP contribution in [-0.4, -0.2) is 78.8 Å². The highest BCUT2D eigenvalue weighted by atomic mass is 32.1. The minimum Gasteiger partial charge on any atom is -0.465 e. The van der Waals surface area contributed by atoms with Crippen molar-refractivity contribution in [2.75, 3.05) is 19.6 Å². The zero-order valence-corrected chi connectivity index (χ0v) is 24.8. The highest BCUT2D eigenvalue weighted by Crippen LogP contribution is 2.63. The molecule has 1 saturated carbocycles. The van der Waals surface area contributed by atoms with Crippen molar-refractivity contribution in [3.05, 3.63) is 46.1 Å². The van der Waals surface area contributed by atoms with Gasteiger partial charge in [0.05, 0.1) is 45.4 Å². The van der Waals surface area contributed by atoms with Crippen molar-refractivity contribution in [3.63, 3.8) is 0 Å². The molecule has 0 spiro atoms. The molecular formula is C30H30N6O5S. The third-order valence-electron chi connectivity index (χ3n) is 8.89. The molecule has 4 amide bonds. The quantitative estimate of drug-likeness (QED) is 0.453. The van der Waals surface area contributed by atoms with Gasteiger partial charge in [-0.05, 0) is 49.9 Å². The summed E-state index contributed by atoms with van der Waals surface area (Å²) in [5.74, 6) is -1.10. The molecule has 12 heteroatoms. The van der Waals surface area contributed by atoms with Gasteiger partial charge < -0.3 is 10.0 Å². The van der Waals surface area contributed by atoms with E-state index in [0.717, 1.165) is 9.58 Å². The molecule has 216 valence electrons. The number of fused-ring (bicyclic) bond motifs is 2. The number of nitrogens with zero attached hydrogens (tertiary/aromatic N) is 6. The fraction of sp³-hybridized carbons (Fsp3) is 0.433. The van der Waals surface area contributed by atoms with Crippen molar-refractivity contribution < 1.29 is 24.3 Å². The number of aromatic nitrogens is 2. The number of carboxylic acid groups (broad SMARTS) is 1. The van der Waals surface area contributed by atoms with Gasteiger partial charge in [-0.25, -0.2) is 9.78 Å². The summed E-state index contributed by atoms with van der Waals surface area (Å²) < 4.78 is 0.726. The van der Waals surface area contributed by atoms with Crippen molar-refractivity contribution in [1.29, 1.82) is 5.26 Å². The molecule has 2 atom stereocenters. The molecule has 0 aromatic carbocycles. The first-order valence-corrected chi connectivity index (χ1v) is 14.5. The number of rotatable bonds is 4. The third-order valence-corrected chi connectivity index (χ3v) is 10.0. The number of aryl methyl sites for hydroxylation is 1. The topological polar surface area (TPSA) is 148 Å². The van der Waals surface area contributed by atoms with E-state index in [1.807, 2.05) is 19.9 Å². The molecule has 5 heterocycles. The second-order valence-corrected chi connectivity index (χ2v) is 13.6. The summed E-state index contributed by atoms with van der Waals surface area (Å²) in [4.78, 5) is 65.8. The average Bonchev–Trinajstić information content (AvgIpc) is 3.16. The number of carbonyl (C=O) groups excluding carboxylic acids is 3. The molecule has 42 heavy (non-hydrogen) atoms. The number of amides is 4. The van der Waals surface area contributed by atoms with Crippen LogP contribution < -0.4 is 0 Å². The Morgan fingerprint density at radius 1 is 1.14 bits per heavy atom. The fourth-order valence-corrected chi connectivity index (χ4v) is 7.72. The SMILES string of the molecule is Cc1cc(C#N)nc(-c2ccnc3cc(CN4C(=O)C5C(C4=O)C5(C)C)sc23)c1C(=O)N1CCN(C(=O)O)C(C)(C)C1. The summed E-state index contributed by atoms with van der Waals surface area (Å²) in [5, 5.41) is 19.3. The smallest absolute Gasteiger partial charge is 0.407 e. The number of piperidine rings is 1. The van der Waals surface area contributed by atoms with Gasteiger partial charge in [-0.15, -0.1) is 11.3 Å². The zero-order chi connectivity index (χ0) is 30.3. The summed E-state index contributed by atoms with van der Waals surface area (Å²) in [7, 11) is 0. The number of imide groups is 1. The third kappa shape index (κ3) is 4.14. The molecule has 3 aromatic rings. The Morgan fingerprint density at radius 2 is 1.83 bits per heavy atom. The van der Waals surface area contributed by atoms with Gasteiger partial charge in [-0.3, -0.25) is 29.2 Å². The van der Waals surface area contributed by atoms with E-state index in [4.69, 9.17) is 0 Å². The minimum absolute atomic E-state index is 0.140. The van der Waals surface area contributed by atoms with Crippen molar-refractivity contribution in [2.24, 2.45) is 17.3 Å². The second-order valence-electron chi connectivity index (χ2n) is 12.5. The van der Waals surface area contributed by atoms with E-state index < -0.39 is 11.6 Å². The molecule has 1 aliphatic carbocycles. The van der Waals surface area contributed by atoms with Gasteiger partial charge in [0, 0.05) is 36.3 Å². The standard InChI is InChI=1S/C30H30N6O5S/c1-15-10-16(12-31)33-23(20(15)25(37)34-8-9-36(28(40)41)29(2,3)14-34)18-6-7-32-19-11-17(42-24(18)19)13-35-26(38)21-22(27(35)39)30(21,4)5/h6-7,10-11,21-22H,8-9,13-14H2,1-5H3,(H,40,41). The Hall–Kier alpha value is -4.37. The molecule has 6 rings (SSSR count). The summed E-state index contributed by atoms with van der Waals surface area (Å²) in [6, 6.07) is 7.24. The van der Waals surface area contributed by atoms with E-state index in [1.165, 1.54) is 21.1 Å². The minimum atomic E-state index is -1.03.